The Morgan fingerprint density at radius 3 is 2.41 bits per heavy atom. The Labute approximate surface area is 188 Å². The highest BCUT2D eigenvalue weighted by Gasteiger charge is 2.13. The number of benzene rings is 1. The first-order valence-corrected chi connectivity index (χ1v) is 10.4. The first kappa shape index (κ1) is 23.0. The summed E-state index contributed by atoms with van der Waals surface area (Å²) in [6.07, 6.45) is 7.33. The van der Waals surface area contributed by atoms with Gasteiger partial charge in [-0.1, -0.05) is 11.8 Å². The number of aryl methyl sites for hydroxylation is 1. The maximum absolute atomic E-state index is 12.3. The predicted octanol–water partition coefficient (Wildman–Crippen LogP) is 3.31. The smallest absolute Gasteiger partial charge is 0.336 e. The standard InChI is InChI=1S/C22H22N2O7S/c1-24-8-7-23-22(24)32-13-15-11-16(25)19(12-30-15)31-20(26)6-5-14-9-17(27-2)21(29-4)18(10-14)28-3/h5-12H,13H2,1-4H3. The van der Waals surface area contributed by atoms with Crippen LogP contribution in [0.3, 0.4) is 0 Å². The Balaban J connectivity index is 1.66. The maximum Gasteiger partial charge on any atom is 0.336 e. The molecule has 0 bridgehead atoms. The lowest BCUT2D eigenvalue weighted by Crippen LogP contribution is -2.12. The van der Waals surface area contributed by atoms with Gasteiger partial charge >= 0.3 is 5.97 Å². The average molecular weight is 458 g/mol. The van der Waals surface area contributed by atoms with Gasteiger partial charge in [0.2, 0.25) is 16.9 Å². The molecule has 0 spiro atoms. The van der Waals surface area contributed by atoms with E-state index in [0.29, 0.717) is 34.3 Å². The second-order valence-electron chi connectivity index (χ2n) is 6.40. The Kier molecular flexibility index (Phi) is 7.61. The minimum absolute atomic E-state index is 0.199. The number of thioether (sulfide) groups is 1. The number of nitrogens with zero attached hydrogens (tertiary/aromatic N) is 2. The van der Waals surface area contributed by atoms with Crippen molar-refractivity contribution >= 4 is 23.8 Å². The monoisotopic (exact) mass is 458 g/mol. The molecule has 3 rings (SSSR count). The summed E-state index contributed by atoms with van der Waals surface area (Å²) in [5, 5.41) is 0.792. The normalized spacial score (nSPS) is 10.9. The molecule has 1 aromatic carbocycles. The van der Waals surface area contributed by atoms with Crippen LogP contribution in [0.1, 0.15) is 11.3 Å². The third-order valence-corrected chi connectivity index (χ3v) is 5.36. The molecule has 0 aliphatic rings. The Morgan fingerprint density at radius 2 is 1.84 bits per heavy atom. The molecule has 0 aliphatic carbocycles. The van der Waals surface area contributed by atoms with E-state index in [4.69, 9.17) is 23.4 Å². The van der Waals surface area contributed by atoms with Gasteiger partial charge in [0.15, 0.2) is 16.7 Å². The van der Waals surface area contributed by atoms with Crippen LogP contribution >= 0.6 is 11.8 Å². The lowest BCUT2D eigenvalue weighted by molar-refractivity contribution is -0.129. The number of imidazole rings is 1. The van der Waals surface area contributed by atoms with E-state index >= 15 is 0 Å². The van der Waals surface area contributed by atoms with Crippen molar-refractivity contribution in [2.45, 2.75) is 10.9 Å². The first-order chi connectivity index (χ1) is 15.4. The SMILES string of the molecule is COc1cc(C=CC(=O)Oc2coc(CSc3nccn3C)cc2=O)cc(OC)c1OC. The highest BCUT2D eigenvalue weighted by atomic mass is 32.2. The highest BCUT2D eigenvalue weighted by molar-refractivity contribution is 7.98. The van der Waals surface area contributed by atoms with Gasteiger partial charge in [0.05, 0.1) is 27.1 Å². The van der Waals surface area contributed by atoms with E-state index in [2.05, 4.69) is 4.98 Å². The van der Waals surface area contributed by atoms with Gasteiger partial charge in [0.1, 0.15) is 12.0 Å². The number of carbonyl (C=O) groups excluding carboxylic acids is 1. The fourth-order valence-corrected chi connectivity index (χ4v) is 3.54. The molecule has 0 aliphatic heterocycles. The van der Waals surface area contributed by atoms with E-state index < -0.39 is 11.4 Å². The van der Waals surface area contributed by atoms with Crippen molar-refractivity contribution in [1.29, 1.82) is 0 Å². The number of aromatic nitrogens is 2. The minimum Gasteiger partial charge on any atom is -0.493 e. The Hall–Kier alpha value is -3.66. The number of ether oxygens (including phenoxy) is 4. The lowest BCUT2D eigenvalue weighted by Gasteiger charge is -2.12. The molecule has 10 heteroatoms. The molecule has 0 amide bonds. The van der Waals surface area contributed by atoms with Crippen LogP contribution in [-0.2, 0) is 17.6 Å². The summed E-state index contributed by atoms with van der Waals surface area (Å²) in [4.78, 5) is 28.7. The molecule has 2 aromatic heterocycles. The van der Waals surface area contributed by atoms with Gasteiger partial charge in [-0.25, -0.2) is 9.78 Å². The average Bonchev–Trinajstić information content (AvgIpc) is 3.21. The first-order valence-electron chi connectivity index (χ1n) is 9.37. The highest BCUT2D eigenvalue weighted by Crippen LogP contribution is 2.38. The van der Waals surface area contributed by atoms with Gasteiger partial charge < -0.3 is 27.9 Å². The molecule has 168 valence electrons. The second-order valence-corrected chi connectivity index (χ2v) is 7.34. The van der Waals surface area contributed by atoms with Crippen LogP contribution in [0.2, 0.25) is 0 Å². The Morgan fingerprint density at radius 1 is 1.12 bits per heavy atom. The number of methoxy groups -OCH3 is 3. The van der Waals surface area contributed by atoms with E-state index in [1.165, 1.54) is 51.3 Å². The minimum atomic E-state index is -0.735. The Bertz CT molecular complexity index is 1160. The molecule has 0 N–H and O–H groups in total. The van der Waals surface area contributed by atoms with Crippen molar-refractivity contribution in [3.63, 3.8) is 0 Å². The molecule has 0 fully saturated rings. The fraction of sp³-hybridized carbons (Fsp3) is 0.227. The van der Waals surface area contributed by atoms with Crippen molar-refractivity contribution in [3.05, 3.63) is 64.5 Å². The summed E-state index contributed by atoms with van der Waals surface area (Å²) < 4.78 is 28.2. The third kappa shape index (κ3) is 5.52. The summed E-state index contributed by atoms with van der Waals surface area (Å²) in [6, 6.07) is 4.64. The quantitative estimate of drug-likeness (QED) is 0.271. The molecule has 0 saturated carbocycles. The summed E-state index contributed by atoms with van der Waals surface area (Å²) in [5.41, 5.74) is 0.159. The third-order valence-electron chi connectivity index (χ3n) is 4.28. The van der Waals surface area contributed by atoms with Gasteiger partial charge in [0.25, 0.3) is 0 Å². The van der Waals surface area contributed by atoms with Crippen LogP contribution in [-0.4, -0.2) is 36.8 Å². The van der Waals surface area contributed by atoms with Crippen LogP contribution < -0.4 is 24.4 Å². The molecular formula is C22H22N2O7S. The number of rotatable bonds is 9. The van der Waals surface area contributed by atoms with Crippen LogP contribution in [0.15, 0.2) is 57.3 Å². The van der Waals surface area contributed by atoms with Gasteiger partial charge in [0, 0.05) is 31.6 Å². The molecule has 32 heavy (non-hydrogen) atoms. The second kappa shape index (κ2) is 10.6. The molecule has 0 unspecified atom stereocenters. The molecule has 2 heterocycles. The zero-order chi connectivity index (χ0) is 23.1. The molecule has 0 radical (unpaired) electrons. The summed E-state index contributed by atoms with van der Waals surface area (Å²) in [6.45, 7) is 0. The van der Waals surface area contributed by atoms with Crippen molar-refractivity contribution in [1.82, 2.24) is 9.55 Å². The van der Waals surface area contributed by atoms with E-state index in [9.17, 15) is 9.59 Å². The van der Waals surface area contributed by atoms with Crippen LogP contribution in [0.5, 0.6) is 23.0 Å². The van der Waals surface area contributed by atoms with E-state index in [1.807, 2.05) is 17.8 Å². The molecule has 0 atom stereocenters. The number of hydrogen-bond acceptors (Lipinski definition) is 9. The largest absolute Gasteiger partial charge is 0.493 e. The lowest BCUT2D eigenvalue weighted by atomic mass is 10.1. The van der Waals surface area contributed by atoms with Crippen molar-refractivity contribution in [3.8, 4) is 23.0 Å². The number of esters is 1. The number of carbonyl (C=O) groups is 1. The van der Waals surface area contributed by atoms with E-state index in [0.717, 1.165) is 11.4 Å². The predicted molar refractivity (Wildman–Crippen MR) is 119 cm³/mol. The summed E-state index contributed by atoms with van der Waals surface area (Å²) >= 11 is 1.42. The maximum atomic E-state index is 12.3. The van der Waals surface area contributed by atoms with Gasteiger partial charge in [-0.3, -0.25) is 4.79 Å². The van der Waals surface area contributed by atoms with E-state index in [-0.39, 0.29) is 5.75 Å². The van der Waals surface area contributed by atoms with Crippen molar-refractivity contribution in [2.24, 2.45) is 7.05 Å². The zero-order valence-electron chi connectivity index (χ0n) is 18.0. The summed E-state index contributed by atoms with van der Waals surface area (Å²) in [5.74, 6) is 1.25. The zero-order valence-corrected chi connectivity index (χ0v) is 18.8. The number of hydrogen-bond donors (Lipinski definition) is 0. The molecule has 9 nitrogen and oxygen atoms in total. The topological polar surface area (TPSA) is 102 Å². The van der Waals surface area contributed by atoms with Gasteiger partial charge in [-0.05, 0) is 23.8 Å². The molecular weight excluding hydrogens is 436 g/mol. The van der Waals surface area contributed by atoms with E-state index in [1.54, 1.807) is 18.3 Å². The fourth-order valence-electron chi connectivity index (χ4n) is 2.72. The van der Waals surface area contributed by atoms with Crippen LogP contribution in [0.25, 0.3) is 6.08 Å². The summed E-state index contributed by atoms with van der Waals surface area (Å²) in [7, 11) is 6.37. The van der Waals surface area contributed by atoms with Crippen LogP contribution in [0.4, 0.5) is 0 Å². The molecule has 0 saturated heterocycles. The van der Waals surface area contributed by atoms with Gasteiger partial charge in [-0.15, -0.1) is 0 Å². The van der Waals surface area contributed by atoms with Crippen molar-refractivity contribution in [2.75, 3.05) is 21.3 Å². The molecule has 3 aromatic rings. The van der Waals surface area contributed by atoms with Gasteiger partial charge in [-0.2, -0.15) is 0 Å². The van der Waals surface area contributed by atoms with Crippen molar-refractivity contribution < 1.29 is 28.2 Å². The van der Waals surface area contributed by atoms with Crippen LogP contribution in [0, 0.1) is 0 Å².